The molecule has 3 heterocycles. The Hall–Kier alpha value is -2.07. The van der Waals surface area contributed by atoms with Crippen molar-refractivity contribution in [1.82, 2.24) is 9.80 Å². The number of fused-ring (bicyclic) bond motifs is 2. The first-order valence-electron chi connectivity index (χ1n) is 8.74. The fourth-order valence-corrected chi connectivity index (χ4v) is 4.32. The highest BCUT2D eigenvalue weighted by atomic mass is 16.3. The molecule has 0 unspecified atom stereocenters. The lowest BCUT2D eigenvalue weighted by Crippen LogP contribution is -2.52. The van der Waals surface area contributed by atoms with Crippen molar-refractivity contribution in [1.29, 1.82) is 0 Å². The van der Waals surface area contributed by atoms with Crippen LogP contribution in [0.1, 0.15) is 36.5 Å². The largest absolute Gasteiger partial charge is 0.472 e. The average Bonchev–Trinajstić information content (AvgIpc) is 3.10. The van der Waals surface area contributed by atoms with Gasteiger partial charge in [0.25, 0.3) is 0 Å². The van der Waals surface area contributed by atoms with Crippen LogP contribution < -0.4 is 0 Å². The Bertz CT molecular complexity index is 715. The van der Waals surface area contributed by atoms with E-state index < -0.39 is 0 Å². The number of likely N-dealkylation sites (tertiary alicyclic amines) is 1. The molecule has 126 valence electrons. The first-order chi connectivity index (χ1) is 11.7. The van der Waals surface area contributed by atoms with Crippen LogP contribution in [0.3, 0.4) is 0 Å². The van der Waals surface area contributed by atoms with E-state index in [1.807, 2.05) is 17.2 Å². The van der Waals surface area contributed by atoms with Gasteiger partial charge >= 0.3 is 0 Å². The van der Waals surface area contributed by atoms with Crippen molar-refractivity contribution < 1.29 is 9.21 Å². The summed E-state index contributed by atoms with van der Waals surface area (Å²) in [4.78, 5) is 16.5. The van der Waals surface area contributed by atoms with E-state index in [0.717, 1.165) is 45.6 Å². The summed E-state index contributed by atoms with van der Waals surface area (Å²) in [6.07, 6.45) is 5.78. The van der Waals surface area contributed by atoms with E-state index in [1.54, 1.807) is 13.2 Å². The summed E-state index contributed by atoms with van der Waals surface area (Å²) in [5, 5.41) is 0. The van der Waals surface area contributed by atoms with Gasteiger partial charge < -0.3 is 9.32 Å². The molecule has 0 N–H and O–H groups in total. The molecule has 1 aromatic heterocycles. The molecule has 24 heavy (non-hydrogen) atoms. The van der Waals surface area contributed by atoms with Crippen LogP contribution in [0.15, 0.2) is 47.3 Å². The van der Waals surface area contributed by atoms with Crippen molar-refractivity contribution in [3.63, 3.8) is 0 Å². The second-order valence-corrected chi connectivity index (χ2v) is 7.22. The number of carbonyl (C=O) groups excluding carboxylic acids is 1. The lowest BCUT2D eigenvalue weighted by atomic mass is 9.69. The molecular formula is C20H24N2O2. The molecule has 2 aromatic rings. The Balaban J connectivity index is 1.55. The lowest BCUT2D eigenvalue weighted by molar-refractivity contribution is -0.131. The monoisotopic (exact) mass is 324 g/mol. The van der Waals surface area contributed by atoms with Gasteiger partial charge in [0.05, 0.1) is 12.5 Å². The molecule has 0 atom stereocenters. The zero-order valence-electron chi connectivity index (χ0n) is 14.2. The van der Waals surface area contributed by atoms with E-state index in [4.69, 9.17) is 4.42 Å². The molecule has 2 aliphatic heterocycles. The molecule has 4 nitrogen and oxygen atoms in total. The highest BCUT2D eigenvalue weighted by Gasteiger charge is 2.42. The molecule has 0 bridgehead atoms. The molecule has 1 fully saturated rings. The summed E-state index contributed by atoms with van der Waals surface area (Å²) in [6, 6.07) is 10.7. The lowest BCUT2D eigenvalue weighted by Gasteiger charge is -2.48. The Morgan fingerprint density at radius 1 is 1.21 bits per heavy atom. The van der Waals surface area contributed by atoms with Crippen LogP contribution in [0.4, 0.5) is 0 Å². The van der Waals surface area contributed by atoms with E-state index in [0.29, 0.717) is 0 Å². The van der Waals surface area contributed by atoms with Crippen molar-refractivity contribution in [3.8, 4) is 0 Å². The molecule has 0 aliphatic carbocycles. The van der Waals surface area contributed by atoms with Crippen LogP contribution in [0, 0.1) is 0 Å². The Kier molecular flexibility index (Phi) is 3.93. The van der Waals surface area contributed by atoms with Crippen LogP contribution >= 0.6 is 0 Å². The summed E-state index contributed by atoms with van der Waals surface area (Å²) in [7, 11) is 0. The van der Waals surface area contributed by atoms with Gasteiger partial charge in [-0.1, -0.05) is 24.3 Å². The van der Waals surface area contributed by atoms with Crippen molar-refractivity contribution in [2.75, 3.05) is 19.6 Å². The second kappa shape index (κ2) is 6.10. The minimum absolute atomic E-state index is 0.118. The summed E-state index contributed by atoms with van der Waals surface area (Å²) < 4.78 is 5.18. The number of piperidine rings is 1. The predicted molar refractivity (Wildman–Crippen MR) is 92.4 cm³/mol. The molecule has 1 spiro atoms. The van der Waals surface area contributed by atoms with Crippen LogP contribution in [0.2, 0.25) is 0 Å². The van der Waals surface area contributed by atoms with Gasteiger partial charge in [0.2, 0.25) is 5.91 Å². The molecule has 4 heteroatoms. The third-order valence-electron chi connectivity index (χ3n) is 5.69. The summed E-state index contributed by atoms with van der Waals surface area (Å²) in [5.41, 5.74) is 4.14. The van der Waals surface area contributed by atoms with Crippen molar-refractivity contribution in [3.05, 3.63) is 59.5 Å². The first-order valence-corrected chi connectivity index (χ1v) is 8.74. The van der Waals surface area contributed by atoms with Crippen LogP contribution in [0.5, 0.6) is 0 Å². The zero-order valence-corrected chi connectivity index (χ0v) is 14.2. The first kappa shape index (κ1) is 15.5. The van der Waals surface area contributed by atoms with Crippen molar-refractivity contribution >= 4 is 5.91 Å². The molecule has 1 aromatic carbocycles. The van der Waals surface area contributed by atoms with Gasteiger partial charge in [-0.3, -0.25) is 9.69 Å². The fraction of sp³-hybridized carbons (Fsp3) is 0.450. The van der Waals surface area contributed by atoms with Gasteiger partial charge in [-0.25, -0.2) is 0 Å². The van der Waals surface area contributed by atoms with Gasteiger partial charge in [0, 0.05) is 37.5 Å². The van der Waals surface area contributed by atoms with E-state index in [9.17, 15) is 4.79 Å². The third kappa shape index (κ3) is 2.75. The highest BCUT2D eigenvalue weighted by molar-refractivity contribution is 5.74. The van der Waals surface area contributed by atoms with E-state index >= 15 is 0 Å². The van der Waals surface area contributed by atoms with Gasteiger partial charge in [-0.15, -0.1) is 0 Å². The minimum Gasteiger partial charge on any atom is -0.472 e. The van der Waals surface area contributed by atoms with Crippen LogP contribution in [0.25, 0.3) is 0 Å². The average molecular weight is 324 g/mol. The second-order valence-electron chi connectivity index (χ2n) is 7.22. The Labute approximate surface area is 143 Å². The van der Waals surface area contributed by atoms with Gasteiger partial charge in [-0.05, 0) is 43.1 Å². The maximum Gasteiger partial charge on any atom is 0.219 e. The number of hydrogen-bond acceptors (Lipinski definition) is 3. The number of furan rings is 1. The van der Waals surface area contributed by atoms with Crippen LogP contribution in [-0.2, 0) is 23.3 Å². The smallest absolute Gasteiger partial charge is 0.219 e. The fourth-order valence-electron chi connectivity index (χ4n) is 4.32. The Morgan fingerprint density at radius 3 is 2.71 bits per heavy atom. The summed E-state index contributed by atoms with van der Waals surface area (Å²) >= 11 is 0. The SMILES string of the molecule is CC(=O)N1Cc2ccccc2C2(CCN(Cc3ccoc3)CC2)C1. The summed E-state index contributed by atoms with van der Waals surface area (Å²) in [5.74, 6) is 0.185. The zero-order chi connectivity index (χ0) is 16.6. The highest BCUT2D eigenvalue weighted by Crippen LogP contribution is 2.42. The number of benzene rings is 1. The molecule has 1 saturated heterocycles. The maximum absolute atomic E-state index is 12.0. The third-order valence-corrected chi connectivity index (χ3v) is 5.69. The molecule has 0 radical (unpaired) electrons. The number of hydrogen-bond donors (Lipinski definition) is 0. The molecular weight excluding hydrogens is 300 g/mol. The molecule has 1 amide bonds. The Morgan fingerprint density at radius 2 is 2.00 bits per heavy atom. The number of amides is 1. The number of rotatable bonds is 2. The van der Waals surface area contributed by atoms with E-state index in [1.165, 1.54) is 16.7 Å². The van der Waals surface area contributed by atoms with Crippen LogP contribution in [-0.4, -0.2) is 35.3 Å². The molecule has 2 aliphatic rings. The minimum atomic E-state index is 0.118. The topological polar surface area (TPSA) is 36.7 Å². The molecule has 0 saturated carbocycles. The van der Waals surface area contributed by atoms with Gasteiger partial charge in [0.1, 0.15) is 0 Å². The standard InChI is InChI=1S/C20H24N2O2/c1-16(23)22-13-18-4-2-3-5-19(18)20(15-22)7-9-21(10-8-20)12-17-6-11-24-14-17/h2-6,11,14H,7-10,12-13,15H2,1H3. The van der Waals surface area contributed by atoms with Gasteiger partial charge in [0.15, 0.2) is 0 Å². The maximum atomic E-state index is 12.0. The quantitative estimate of drug-likeness (QED) is 0.851. The van der Waals surface area contributed by atoms with Gasteiger partial charge in [-0.2, -0.15) is 0 Å². The van der Waals surface area contributed by atoms with Crippen molar-refractivity contribution in [2.24, 2.45) is 0 Å². The van der Waals surface area contributed by atoms with Crippen molar-refractivity contribution in [2.45, 2.75) is 38.3 Å². The van der Waals surface area contributed by atoms with E-state index in [2.05, 4.69) is 29.2 Å². The number of nitrogens with zero attached hydrogens (tertiary/aromatic N) is 2. The van der Waals surface area contributed by atoms with E-state index in [-0.39, 0.29) is 11.3 Å². The normalized spacial score (nSPS) is 20.1. The summed E-state index contributed by atoms with van der Waals surface area (Å²) in [6.45, 7) is 6.38. The number of carbonyl (C=O) groups is 1. The molecule has 4 rings (SSSR count). The predicted octanol–water partition coefficient (Wildman–Crippen LogP) is 3.18.